The number of rotatable bonds is 16. The molecule has 0 aliphatic carbocycles. The van der Waals surface area contributed by atoms with E-state index < -0.39 is 25.2 Å². The van der Waals surface area contributed by atoms with Gasteiger partial charge in [0.05, 0.1) is 56.9 Å². The number of ether oxygens (including phenoxy) is 10. The maximum atomic E-state index is 12.3. The second-order valence-electron chi connectivity index (χ2n) is 13.1. The van der Waals surface area contributed by atoms with Gasteiger partial charge in [0.25, 0.3) is 6.47 Å². The molecule has 26 heteroatoms. The molecule has 0 saturated carbocycles. The number of aliphatic carboxylic acids is 2. The first-order valence-electron chi connectivity index (χ1n) is 19.4. The number of phenols is 2. The van der Waals surface area contributed by atoms with Crippen LogP contribution in [0.3, 0.4) is 0 Å². The van der Waals surface area contributed by atoms with E-state index in [1.165, 1.54) is 75.1 Å². The van der Waals surface area contributed by atoms with Gasteiger partial charge in [-0.05, 0) is 70.8 Å². The van der Waals surface area contributed by atoms with Crippen molar-refractivity contribution in [3.63, 3.8) is 0 Å². The Labute approximate surface area is 492 Å². The number of carbonyl (C=O) groups excluding carboxylic acids is 2. The number of phenolic OH excluding ortho intramolecular Hbond substituents is 2. The quantitative estimate of drug-likeness (QED) is 0.0324. The maximum absolute atomic E-state index is 12.3. The number of benzene rings is 4. The van der Waals surface area contributed by atoms with E-state index in [2.05, 4.69) is 20.8 Å². The van der Waals surface area contributed by atoms with Crippen LogP contribution < -0.4 is 161 Å². The molecule has 0 spiro atoms. The second-order valence-corrected chi connectivity index (χ2v) is 13.1. The standard InChI is InChI=1S/C22H23NO9.C20H20O7.C2H5NO3.CH2O3.2K.H/c1-27-17-6-5-12(7-16(17)24)14-8-13(23-32-11-19(25)26)10-31-20-15(14)9-18(28-2)21(29-3)22(20)30-4;1-23-16-6-5-11(7-15(16)22)13-8-12(21)10-27-18-14(13)9-17(24-2)19(25-3)20(18)26-4;3-6-1-2(4)5;2-1-4-3;;;/h5-9,24H,10-11H2,1-4H3,(H,25,26);5-9,22H,10H2,1-4H3;1,3H2,(H,4,5);1,3H;;;/q;;;;2*+1;-1/p-1/b23-13+;;;;;;. The van der Waals surface area contributed by atoms with E-state index in [9.17, 15) is 24.6 Å². The van der Waals surface area contributed by atoms with Crippen LogP contribution in [-0.2, 0) is 33.7 Å². The largest absolute Gasteiger partial charge is 1.00 e. The number of oxime groups is 1. The Balaban J connectivity index is 0.00000115. The minimum absolute atomic E-state index is 0. The van der Waals surface area contributed by atoms with Gasteiger partial charge in [-0.25, -0.2) is 15.5 Å². The Morgan fingerprint density at radius 1 is 0.648 bits per heavy atom. The van der Waals surface area contributed by atoms with Crippen molar-refractivity contribution in [2.45, 2.75) is 0 Å². The van der Waals surface area contributed by atoms with Crippen molar-refractivity contribution in [3.8, 4) is 69.0 Å². The normalized spacial score (nSPS) is 12.2. The summed E-state index contributed by atoms with van der Waals surface area (Å²) in [5.74, 6) is 5.33. The zero-order valence-corrected chi connectivity index (χ0v) is 46.6. The Hall–Kier alpha value is -5.34. The van der Waals surface area contributed by atoms with Crippen LogP contribution in [0.25, 0.3) is 11.1 Å². The van der Waals surface area contributed by atoms with Crippen LogP contribution in [0, 0.1) is 0 Å². The van der Waals surface area contributed by atoms with Gasteiger partial charge in [-0.15, -0.1) is 0 Å². The summed E-state index contributed by atoms with van der Waals surface area (Å²) in [6, 6.07) is 13.2. The van der Waals surface area contributed by atoms with Crippen molar-refractivity contribution in [1.82, 2.24) is 0 Å². The van der Waals surface area contributed by atoms with Crippen LogP contribution in [-0.4, -0.2) is 134 Å². The summed E-state index contributed by atoms with van der Waals surface area (Å²) in [4.78, 5) is 52.3. The SMILES string of the molecule is COc1ccc(C2=C/C(=N\OCC(=O)O)COc3c2cc(OC)c(OC)c3OC)cc1O.COc1ccc(C2=CC(=O)COc3c2cc(OC)c(OC)c3OC)cc1O.NOCC(=O)O.O=CO[O-].[H-].[K+].[K+]. The molecule has 6 N–H and O–H groups in total. The van der Waals surface area contributed by atoms with Crippen LogP contribution in [0.5, 0.6) is 69.0 Å². The van der Waals surface area contributed by atoms with Gasteiger partial charge in [0.1, 0.15) is 12.3 Å². The molecule has 2 aliphatic heterocycles. The van der Waals surface area contributed by atoms with E-state index in [0.29, 0.717) is 96.6 Å². The fraction of sp³-hybridized carbons (Fsp3) is 0.267. The van der Waals surface area contributed by atoms with Crippen LogP contribution in [0.2, 0.25) is 0 Å². The molecule has 0 amide bonds. The summed E-state index contributed by atoms with van der Waals surface area (Å²) in [5, 5.41) is 49.3. The minimum atomic E-state index is -1.16. The first kappa shape index (κ1) is 63.7. The summed E-state index contributed by atoms with van der Waals surface area (Å²) in [5.41, 5.74) is 3.84. The first-order chi connectivity index (χ1) is 33.1. The molecule has 71 heavy (non-hydrogen) atoms. The second kappa shape index (κ2) is 32.6. The molecule has 4 aromatic rings. The smallest absolute Gasteiger partial charge is 1.00 e. The van der Waals surface area contributed by atoms with Gasteiger partial charge >= 0.3 is 115 Å². The molecule has 0 bridgehead atoms. The number of aromatic hydroxyl groups is 2. The Morgan fingerprint density at radius 3 is 1.39 bits per heavy atom. The fourth-order valence-corrected chi connectivity index (χ4v) is 6.29. The van der Waals surface area contributed by atoms with E-state index in [-0.39, 0.29) is 141 Å². The van der Waals surface area contributed by atoms with Gasteiger partial charge in [0.15, 0.2) is 65.0 Å². The Bertz CT molecular complexity index is 2560. The predicted octanol–water partition coefficient (Wildman–Crippen LogP) is -2.96. The van der Waals surface area contributed by atoms with Gasteiger partial charge in [0.2, 0.25) is 29.6 Å². The molecule has 0 unspecified atom stereocenters. The van der Waals surface area contributed by atoms with Crippen molar-refractivity contribution < 1.29 is 211 Å². The third-order valence-corrected chi connectivity index (χ3v) is 9.08. The number of nitrogens with zero attached hydrogens (tertiary/aromatic N) is 1. The molecule has 0 aromatic heterocycles. The molecule has 4 aromatic carbocycles. The van der Waals surface area contributed by atoms with Crippen molar-refractivity contribution in [2.24, 2.45) is 11.1 Å². The first-order valence-corrected chi connectivity index (χ1v) is 19.4. The molecule has 0 fully saturated rings. The van der Waals surface area contributed by atoms with E-state index in [1.807, 2.05) is 0 Å². The van der Waals surface area contributed by atoms with E-state index >= 15 is 0 Å². The average molecular weight is 1050 g/mol. The zero-order valence-electron chi connectivity index (χ0n) is 41.3. The van der Waals surface area contributed by atoms with Crippen LogP contribution >= 0.6 is 0 Å². The van der Waals surface area contributed by atoms with Gasteiger partial charge in [-0.3, -0.25) is 14.4 Å². The predicted molar refractivity (Wildman–Crippen MR) is 239 cm³/mol. The molecular formula is C45H50K2N2O22. The Morgan fingerprint density at radius 2 is 1.06 bits per heavy atom. The molecule has 0 saturated heterocycles. The summed E-state index contributed by atoms with van der Waals surface area (Å²) in [6.07, 6.45) is 3.14. The number of hydrogen-bond acceptors (Lipinski definition) is 22. The van der Waals surface area contributed by atoms with Crippen molar-refractivity contribution >= 4 is 41.1 Å². The molecule has 24 nitrogen and oxygen atoms in total. The molecule has 6 rings (SSSR count). The fourth-order valence-electron chi connectivity index (χ4n) is 6.29. The van der Waals surface area contributed by atoms with Gasteiger partial charge in [0, 0.05) is 11.1 Å². The number of nitrogens with two attached hydrogens (primary N) is 1. The van der Waals surface area contributed by atoms with Gasteiger partial charge in [-0.1, -0.05) is 17.3 Å². The van der Waals surface area contributed by atoms with Crippen molar-refractivity contribution in [2.75, 3.05) is 83.3 Å². The third kappa shape index (κ3) is 17.4. The number of carboxylic acid groups (broad SMARTS) is 2. The molecule has 2 heterocycles. The number of carbonyl (C=O) groups is 4. The molecule has 374 valence electrons. The number of methoxy groups -OCH3 is 8. The topological polar surface area (TPSA) is 331 Å². The summed E-state index contributed by atoms with van der Waals surface area (Å²) in [7, 11) is 11.9. The summed E-state index contributed by atoms with van der Waals surface area (Å²) >= 11 is 0. The van der Waals surface area contributed by atoms with Crippen LogP contribution in [0.4, 0.5) is 0 Å². The van der Waals surface area contributed by atoms with Gasteiger partial charge < -0.3 is 84.2 Å². The van der Waals surface area contributed by atoms with E-state index in [1.54, 1.807) is 42.5 Å². The molecule has 0 radical (unpaired) electrons. The van der Waals surface area contributed by atoms with Crippen molar-refractivity contribution in [3.05, 3.63) is 82.9 Å². The maximum Gasteiger partial charge on any atom is 1.00 e. The van der Waals surface area contributed by atoms with Gasteiger partial charge in [-0.2, -0.15) is 0 Å². The molecular weight excluding hydrogens is 999 g/mol. The monoisotopic (exact) mass is 1050 g/mol. The van der Waals surface area contributed by atoms with Crippen molar-refractivity contribution in [1.29, 1.82) is 0 Å². The Kier molecular flexibility index (Phi) is 29.2. The minimum Gasteiger partial charge on any atom is -1.00 e. The van der Waals surface area contributed by atoms with E-state index in [4.69, 9.17) is 72.5 Å². The number of ketones is 1. The van der Waals surface area contributed by atoms with E-state index in [0.717, 1.165) is 0 Å². The number of carboxylic acids is 2. The average Bonchev–Trinajstić information content (AvgIpc) is 3.63. The van der Waals surface area contributed by atoms with Crippen LogP contribution in [0.1, 0.15) is 23.7 Å². The summed E-state index contributed by atoms with van der Waals surface area (Å²) < 4.78 is 54.6. The third-order valence-electron chi connectivity index (χ3n) is 9.08. The molecule has 2 aliphatic rings. The molecule has 0 atom stereocenters. The van der Waals surface area contributed by atoms with Crippen LogP contribution in [0.15, 0.2) is 65.8 Å². The summed E-state index contributed by atoms with van der Waals surface area (Å²) in [6.45, 7) is -1.40. The number of hydrogen-bond donors (Lipinski definition) is 5. The zero-order chi connectivity index (χ0) is 51.2. The number of fused-ring (bicyclic) bond motifs is 2.